The third-order valence-electron chi connectivity index (χ3n) is 4.95. The van der Waals surface area contributed by atoms with E-state index in [9.17, 15) is 14.4 Å². The van der Waals surface area contributed by atoms with Crippen molar-refractivity contribution in [2.24, 2.45) is 0 Å². The molecule has 0 saturated heterocycles. The number of carbonyl (C=O) groups is 2. The van der Waals surface area contributed by atoms with Crippen LogP contribution in [0.1, 0.15) is 30.7 Å². The van der Waals surface area contributed by atoms with Crippen LogP contribution in [0.2, 0.25) is 0 Å². The van der Waals surface area contributed by atoms with Gasteiger partial charge in [0.15, 0.2) is 0 Å². The summed E-state index contributed by atoms with van der Waals surface area (Å²) in [5.41, 5.74) is 0.670. The van der Waals surface area contributed by atoms with Crippen LogP contribution in [0, 0.1) is 13.8 Å². The fraction of sp³-hybridized carbons (Fsp3) is 0.579. The zero-order chi connectivity index (χ0) is 20.7. The van der Waals surface area contributed by atoms with E-state index in [4.69, 9.17) is 0 Å². The van der Waals surface area contributed by atoms with Gasteiger partial charge >= 0.3 is 0 Å². The molecule has 2 heterocycles. The summed E-state index contributed by atoms with van der Waals surface area (Å²) in [5.74, 6) is -0.622. The molecule has 0 aliphatic rings. The van der Waals surface area contributed by atoms with E-state index in [1.54, 1.807) is 0 Å². The summed E-state index contributed by atoms with van der Waals surface area (Å²) in [4.78, 5) is 44.0. The SMILES string of the molecule is CC[NH+](CC)CCCNC(=O)CNC(=O)Cn1cnc2sc(C)c(C)c2c1=O. The Hall–Kier alpha value is -2.26. The van der Waals surface area contributed by atoms with Gasteiger partial charge in [0.25, 0.3) is 5.56 Å². The van der Waals surface area contributed by atoms with Crippen molar-refractivity contribution in [1.29, 1.82) is 0 Å². The van der Waals surface area contributed by atoms with Crippen molar-refractivity contribution in [3.05, 3.63) is 27.1 Å². The van der Waals surface area contributed by atoms with Gasteiger partial charge in [0.1, 0.15) is 11.4 Å². The van der Waals surface area contributed by atoms with Crippen molar-refractivity contribution in [1.82, 2.24) is 20.2 Å². The minimum atomic E-state index is -0.393. The maximum absolute atomic E-state index is 12.6. The van der Waals surface area contributed by atoms with Gasteiger partial charge in [-0.2, -0.15) is 0 Å². The molecular weight excluding hydrogens is 378 g/mol. The van der Waals surface area contributed by atoms with Crippen molar-refractivity contribution >= 4 is 33.4 Å². The van der Waals surface area contributed by atoms with E-state index in [2.05, 4.69) is 29.5 Å². The van der Waals surface area contributed by atoms with Gasteiger partial charge in [-0.3, -0.25) is 19.0 Å². The number of aromatic nitrogens is 2. The average molecular weight is 409 g/mol. The number of quaternary nitrogens is 1. The number of nitrogens with one attached hydrogen (secondary N) is 3. The summed E-state index contributed by atoms with van der Waals surface area (Å²) >= 11 is 1.47. The quantitative estimate of drug-likeness (QED) is 0.467. The van der Waals surface area contributed by atoms with Gasteiger partial charge in [-0.15, -0.1) is 11.3 Å². The standard InChI is InChI=1S/C19H29N5O3S/c1-5-23(6-2)9-7-8-20-15(25)10-21-16(26)11-24-12-22-18-17(19(24)27)13(3)14(4)28-18/h12H,5-11H2,1-4H3,(H,20,25)(H,21,26)/p+1. The van der Waals surface area contributed by atoms with Gasteiger partial charge in [-0.05, 0) is 33.3 Å². The van der Waals surface area contributed by atoms with Crippen LogP contribution in [-0.4, -0.2) is 54.1 Å². The maximum Gasteiger partial charge on any atom is 0.262 e. The lowest BCUT2D eigenvalue weighted by molar-refractivity contribution is -0.896. The topological polar surface area (TPSA) is 97.5 Å². The van der Waals surface area contributed by atoms with Crippen LogP contribution in [0.5, 0.6) is 0 Å². The molecule has 8 nitrogen and oxygen atoms in total. The minimum Gasteiger partial charge on any atom is -0.354 e. The Morgan fingerprint density at radius 1 is 1.18 bits per heavy atom. The van der Waals surface area contributed by atoms with E-state index >= 15 is 0 Å². The molecule has 3 N–H and O–H groups in total. The van der Waals surface area contributed by atoms with Crippen molar-refractivity contribution < 1.29 is 14.5 Å². The predicted octanol–water partition coefficient (Wildman–Crippen LogP) is -0.378. The minimum absolute atomic E-state index is 0.0992. The summed E-state index contributed by atoms with van der Waals surface area (Å²) in [6, 6.07) is 0. The zero-order valence-electron chi connectivity index (χ0n) is 17.1. The molecule has 2 amide bonds. The first kappa shape index (κ1) is 22.0. The van der Waals surface area contributed by atoms with Crippen LogP contribution in [0.15, 0.2) is 11.1 Å². The van der Waals surface area contributed by atoms with E-state index in [1.165, 1.54) is 27.1 Å². The molecule has 0 atom stereocenters. The molecular formula is C19H30N5O3S+. The number of carbonyl (C=O) groups excluding carboxylic acids is 2. The van der Waals surface area contributed by atoms with Crippen LogP contribution >= 0.6 is 11.3 Å². The molecule has 0 aliphatic carbocycles. The Morgan fingerprint density at radius 2 is 1.89 bits per heavy atom. The van der Waals surface area contributed by atoms with E-state index < -0.39 is 5.91 Å². The highest BCUT2D eigenvalue weighted by atomic mass is 32.1. The molecule has 0 unspecified atom stereocenters. The molecule has 154 valence electrons. The summed E-state index contributed by atoms with van der Waals surface area (Å²) < 4.78 is 1.28. The Kier molecular flexibility index (Phi) is 8.13. The van der Waals surface area contributed by atoms with Gasteiger partial charge in [0.05, 0.1) is 37.9 Å². The molecule has 0 bridgehead atoms. The van der Waals surface area contributed by atoms with E-state index in [0.29, 0.717) is 16.8 Å². The number of amides is 2. The van der Waals surface area contributed by atoms with Gasteiger partial charge in [0.2, 0.25) is 11.8 Å². The van der Waals surface area contributed by atoms with Crippen molar-refractivity contribution in [2.75, 3.05) is 32.7 Å². The highest BCUT2D eigenvalue weighted by Crippen LogP contribution is 2.25. The Bertz CT molecular complexity index is 886. The van der Waals surface area contributed by atoms with E-state index in [1.807, 2.05) is 13.8 Å². The lowest BCUT2D eigenvalue weighted by atomic mass is 10.2. The number of hydrogen-bond donors (Lipinski definition) is 3. The molecule has 0 spiro atoms. The molecule has 0 saturated carbocycles. The largest absolute Gasteiger partial charge is 0.354 e. The highest BCUT2D eigenvalue weighted by molar-refractivity contribution is 7.18. The summed E-state index contributed by atoms with van der Waals surface area (Å²) in [6.07, 6.45) is 2.28. The number of nitrogens with zero attached hydrogens (tertiary/aromatic N) is 2. The second-order valence-electron chi connectivity index (χ2n) is 6.83. The molecule has 0 aliphatic heterocycles. The van der Waals surface area contributed by atoms with Gasteiger partial charge < -0.3 is 15.5 Å². The normalized spacial score (nSPS) is 11.2. The molecule has 2 aromatic heterocycles. The second-order valence-corrected chi connectivity index (χ2v) is 8.03. The van der Waals surface area contributed by atoms with Crippen LogP contribution < -0.4 is 21.1 Å². The van der Waals surface area contributed by atoms with Gasteiger partial charge in [-0.1, -0.05) is 0 Å². The second kappa shape index (κ2) is 10.3. The number of fused-ring (bicyclic) bond motifs is 1. The third-order valence-corrected chi connectivity index (χ3v) is 6.06. The summed E-state index contributed by atoms with van der Waals surface area (Å²) in [6.45, 7) is 11.6. The van der Waals surface area contributed by atoms with Gasteiger partial charge in [-0.25, -0.2) is 4.98 Å². The first-order valence-corrected chi connectivity index (χ1v) is 10.5. The maximum atomic E-state index is 12.6. The summed E-state index contributed by atoms with van der Waals surface area (Å²) in [7, 11) is 0. The molecule has 0 fully saturated rings. The highest BCUT2D eigenvalue weighted by Gasteiger charge is 2.14. The fourth-order valence-corrected chi connectivity index (χ4v) is 3.99. The Morgan fingerprint density at radius 3 is 2.57 bits per heavy atom. The molecule has 9 heteroatoms. The average Bonchev–Trinajstić information content (AvgIpc) is 2.97. The van der Waals surface area contributed by atoms with Crippen LogP contribution in [0.3, 0.4) is 0 Å². The van der Waals surface area contributed by atoms with Crippen LogP contribution in [0.4, 0.5) is 0 Å². The lowest BCUT2D eigenvalue weighted by Gasteiger charge is -2.15. The molecule has 28 heavy (non-hydrogen) atoms. The van der Waals surface area contributed by atoms with E-state index in [-0.39, 0.29) is 24.6 Å². The Balaban J connectivity index is 1.80. The van der Waals surface area contributed by atoms with Crippen molar-refractivity contribution in [2.45, 2.75) is 40.7 Å². The molecule has 0 aromatic carbocycles. The fourth-order valence-electron chi connectivity index (χ4n) is 3.00. The molecule has 2 rings (SSSR count). The smallest absolute Gasteiger partial charge is 0.262 e. The monoisotopic (exact) mass is 408 g/mol. The van der Waals surface area contributed by atoms with Crippen LogP contribution in [-0.2, 0) is 16.1 Å². The van der Waals surface area contributed by atoms with Crippen molar-refractivity contribution in [3.8, 4) is 0 Å². The Labute approximate surface area is 168 Å². The lowest BCUT2D eigenvalue weighted by Crippen LogP contribution is -3.11. The van der Waals surface area contributed by atoms with Crippen LogP contribution in [0.25, 0.3) is 10.2 Å². The summed E-state index contributed by atoms with van der Waals surface area (Å²) in [5, 5.41) is 5.92. The number of aryl methyl sites for hydroxylation is 2. The number of hydrogen-bond acceptors (Lipinski definition) is 5. The first-order chi connectivity index (χ1) is 13.4. The predicted molar refractivity (Wildman–Crippen MR) is 111 cm³/mol. The van der Waals surface area contributed by atoms with E-state index in [0.717, 1.165) is 36.5 Å². The molecule has 0 radical (unpaired) electrons. The first-order valence-electron chi connectivity index (χ1n) is 9.69. The zero-order valence-corrected chi connectivity index (χ0v) is 17.9. The number of thiophene rings is 1. The molecule has 2 aromatic rings. The number of rotatable bonds is 10. The van der Waals surface area contributed by atoms with Gasteiger partial charge in [0, 0.05) is 17.8 Å². The van der Waals surface area contributed by atoms with Crippen molar-refractivity contribution in [3.63, 3.8) is 0 Å². The third kappa shape index (κ3) is 5.62.